The van der Waals surface area contributed by atoms with Crippen LogP contribution in [-0.4, -0.2) is 29.0 Å². The number of carbonyl (C=O) groups is 1. The molecule has 1 amide bonds. The van der Waals surface area contributed by atoms with Crippen LogP contribution in [0.1, 0.15) is 21.8 Å². The van der Waals surface area contributed by atoms with Gasteiger partial charge in [0.05, 0.1) is 13.7 Å². The molecule has 0 radical (unpaired) electrons. The van der Waals surface area contributed by atoms with Crippen LogP contribution in [0.2, 0.25) is 0 Å². The van der Waals surface area contributed by atoms with Gasteiger partial charge in [-0.3, -0.25) is 4.79 Å². The van der Waals surface area contributed by atoms with Crippen molar-refractivity contribution < 1.29 is 13.9 Å². The maximum atomic E-state index is 12.1. The molecule has 7 heteroatoms. The third-order valence-electron chi connectivity index (χ3n) is 3.61. The number of nitrogens with zero attached hydrogens (tertiary/aromatic N) is 2. The second-order valence-electron chi connectivity index (χ2n) is 5.50. The zero-order valence-corrected chi connectivity index (χ0v) is 15.6. The second-order valence-corrected chi connectivity index (χ2v) is 6.47. The Hall–Kier alpha value is -3.06. The van der Waals surface area contributed by atoms with Crippen LogP contribution in [0.3, 0.4) is 0 Å². The fourth-order valence-corrected chi connectivity index (χ4v) is 2.82. The van der Waals surface area contributed by atoms with E-state index >= 15 is 0 Å². The number of nitrogens with one attached hydrogen (secondary N) is 1. The van der Waals surface area contributed by atoms with Crippen molar-refractivity contribution in [2.75, 3.05) is 12.9 Å². The molecular formula is C20H19N3O3S. The van der Waals surface area contributed by atoms with E-state index in [2.05, 4.69) is 15.5 Å². The smallest absolute Gasteiger partial charge is 0.276 e. The summed E-state index contributed by atoms with van der Waals surface area (Å²) in [4.78, 5) is 12.1. The Labute approximate surface area is 161 Å². The first-order valence-electron chi connectivity index (χ1n) is 8.33. The molecule has 0 fully saturated rings. The van der Waals surface area contributed by atoms with Gasteiger partial charge in [0.1, 0.15) is 5.75 Å². The predicted molar refractivity (Wildman–Crippen MR) is 105 cm³/mol. The average molecular weight is 381 g/mol. The van der Waals surface area contributed by atoms with Crippen LogP contribution >= 0.6 is 11.8 Å². The van der Waals surface area contributed by atoms with E-state index in [0.29, 0.717) is 28.2 Å². The number of hydrogen-bond acceptors (Lipinski definition) is 6. The molecule has 0 saturated carbocycles. The number of amides is 1. The Kier molecular flexibility index (Phi) is 6.65. The molecule has 6 nitrogen and oxygen atoms in total. The van der Waals surface area contributed by atoms with Gasteiger partial charge < -0.3 is 14.5 Å². The van der Waals surface area contributed by atoms with Crippen molar-refractivity contribution in [1.29, 1.82) is 0 Å². The topological polar surface area (TPSA) is 77.2 Å². The van der Waals surface area contributed by atoms with Crippen LogP contribution < -0.4 is 10.1 Å². The molecule has 0 aliphatic heterocycles. The van der Waals surface area contributed by atoms with Gasteiger partial charge in [-0.1, -0.05) is 54.2 Å². The highest BCUT2D eigenvalue weighted by atomic mass is 32.2. The largest absolute Gasteiger partial charge is 0.497 e. The summed E-state index contributed by atoms with van der Waals surface area (Å²) in [5, 5.41) is 11.2. The SMILES string of the molecule is COc1ccc(C(=O)NCc2nnc(SC/C=C/c3ccccc3)o2)cc1. The van der Waals surface area contributed by atoms with Crippen LogP contribution in [0.15, 0.2) is 70.3 Å². The second kappa shape index (κ2) is 9.59. The minimum Gasteiger partial charge on any atom is -0.497 e. The maximum absolute atomic E-state index is 12.1. The van der Waals surface area contributed by atoms with Gasteiger partial charge in [-0.15, -0.1) is 10.2 Å². The summed E-state index contributed by atoms with van der Waals surface area (Å²) in [6.45, 7) is 0.179. The van der Waals surface area contributed by atoms with Crippen molar-refractivity contribution in [3.63, 3.8) is 0 Å². The van der Waals surface area contributed by atoms with Crippen LogP contribution in [0, 0.1) is 0 Å². The molecule has 27 heavy (non-hydrogen) atoms. The molecule has 0 bridgehead atoms. The molecule has 3 aromatic rings. The maximum Gasteiger partial charge on any atom is 0.276 e. The lowest BCUT2D eigenvalue weighted by Crippen LogP contribution is -2.22. The number of benzene rings is 2. The molecule has 1 aromatic heterocycles. The lowest BCUT2D eigenvalue weighted by Gasteiger charge is -2.03. The van der Waals surface area contributed by atoms with Crippen LogP contribution in [0.25, 0.3) is 6.08 Å². The van der Waals surface area contributed by atoms with E-state index < -0.39 is 0 Å². The highest BCUT2D eigenvalue weighted by Gasteiger charge is 2.09. The Bertz CT molecular complexity index is 892. The summed E-state index contributed by atoms with van der Waals surface area (Å²) in [5.41, 5.74) is 1.68. The average Bonchev–Trinajstić information content (AvgIpc) is 3.18. The summed E-state index contributed by atoms with van der Waals surface area (Å²) < 4.78 is 10.6. The molecule has 0 unspecified atom stereocenters. The number of carbonyl (C=O) groups excluding carboxylic acids is 1. The normalized spacial score (nSPS) is 10.9. The van der Waals surface area contributed by atoms with Gasteiger partial charge in [0.25, 0.3) is 11.1 Å². The first kappa shape index (κ1) is 18.7. The Morgan fingerprint density at radius 2 is 1.93 bits per heavy atom. The third-order valence-corrected chi connectivity index (χ3v) is 4.38. The van der Waals surface area contributed by atoms with E-state index in [0.717, 1.165) is 5.56 Å². The van der Waals surface area contributed by atoms with Crippen molar-refractivity contribution in [3.8, 4) is 5.75 Å². The molecule has 0 atom stereocenters. The van der Waals surface area contributed by atoms with Gasteiger partial charge in [0, 0.05) is 11.3 Å². The van der Waals surface area contributed by atoms with Crippen molar-refractivity contribution in [3.05, 3.63) is 77.7 Å². The van der Waals surface area contributed by atoms with Gasteiger partial charge in [-0.05, 0) is 29.8 Å². The Balaban J connectivity index is 1.44. The van der Waals surface area contributed by atoms with E-state index in [1.807, 2.05) is 42.5 Å². The van der Waals surface area contributed by atoms with Crippen LogP contribution in [-0.2, 0) is 6.54 Å². The lowest BCUT2D eigenvalue weighted by atomic mass is 10.2. The molecule has 0 aliphatic carbocycles. The zero-order chi connectivity index (χ0) is 18.9. The number of ether oxygens (including phenoxy) is 1. The molecule has 1 N–H and O–H groups in total. The lowest BCUT2D eigenvalue weighted by molar-refractivity contribution is 0.0946. The fraction of sp³-hybridized carbons (Fsp3) is 0.150. The molecule has 138 valence electrons. The van der Waals surface area contributed by atoms with E-state index in [-0.39, 0.29) is 12.5 Å². The number of aromatic nitrogens is 2. The van der Waals surface area contributed by atoms with Gasteiger partial charge in [-0.2, -0.15) is 0 Å². The summed E-state index contributed by atoms with van der Waals surface area (Å²) in [5.74, 6) is 1.57. The fourth-order valence-electron chi connectivity index (χ4n) is 2.24. The summed E-state index contributed by atoms with van der Waals surface area (Å²) >= 11 is 1.44. The minimum atomic E-state index is -0.212. The van der Waals surface area contributed by atoms with Crippen molar-refractivity contribution in [2.45, 2.75) is 11.8 Å². The minimum absolute atomic E-state index is 0.179. The summed E-state index contributed by atoms with van der Waals surface area (Å²) in [6, 6.07) is 16.9. The van der Waals surface area contributed by atoms with Crippen molar-refractivity contribution in [1.82, 2.24) is 15.5 Å². The third kappa shape index (κ3) is 5.72. The standard InChI is InChI=1S/C20H19N3O3S/c1-25-17-11-9-16(10-12-17)19(24)21-14-18-22-23-20(26-18)27-13-5-8-15-6-3-2-4-7-15/h2-12H,13-14H2,1H3,(H,21,24)/b8-5+. The molecule has 3 rings (SSSR count). The highest BCUT2D eigenvalue weighted by molar-refractivity contribution is 7.99. The van der Waals surface area contributed by atoms with E-state index in [1.165, 1.54) is 11.8 Å². The van der Waals surface area contributed by atoms with E-state index in [1.54, 1.807) is 31.4 Å². The van der Waals surface area contributed by atoms with Crippen molar-refractivity contribution >= 4 is 23.7 Å². The number of methoxy groups -OCH3 is 1. The van der Waals surface area contributed by atoms with Gasteiger partial charge in [0.2, 0.25) is 5.89 Å². The molecular weight excluding hydrogens is 362 g/mol. The molecule has 2 aromatic carbocycles. The molecule has 0 saturated heterocycles. The van der Waals surface area contributed by atoms with Gasteiger partial charge in [0.15, 0.2) is 0 Å². The number of hydrogen-bond donors (Lipinski definition) is 1. The Morgan fingerprint density at radius 1 is 1.15 bits per heavy atom. The molecule has 0 aliphatic rings. The van der Waals surface area contributed by atoms with Crippen molar-refractivity contribution in [2.24, 2.45) is 0 Å². The first-order chi connectivity index (χ1) is 13.2. The predicted octanol–water partition coefficient (Wildman–Crippen LogP) is 3.81. The van der Waals surface area contributed by atoms with E-state index in [9.17, 15) is 4.79 Å². The zero-order valence-electron chi connectivity index (χ0n) is 14.8. The number of rotatable bonds is 8. The van der Waals surface area contributed by atoms with Gasteiger partial charge >= 0.3 is 0 Å². The van der Waals surface area contributed by atoms with E-state index in [4.69, 9.17) is 9.15 Å². The van der Waals surface area contributed by atoms with Gasteiger partial charge in [-0.25, -0.2) is 0 Å². The molecule has 0 spiro atoms. The summed E-state index contributed by atoms with van der Waals surface area (Å²) in [7, 11) is 1.58. The quantitative estimate of drug-likeness (QED) is 0.598. The highest BCUT2D eigenvalue weighted by Crippen LogP contribution is 2.17. The van der Waals surface area contributed by atoms with Crippen LogP contribution in [0.5, 0.6) is 5.75 Å². The molecule has 1 heterocycles. The Morgan fingerprint density at radius 3 is 2.67 bits per heavy atom. The first-order valence-corrected chi connectivity index (χ1v) is 9.32. The monoisotopic (exact) mass is 381 g/mol. The van der Waals surface area contributed by atoms with Crippen LogP contribution in [0.4, 0.5) is 0 Å². The summed E-state index contributed by atoms with van der Waals surface area (Å²) in [6.07, 6.45) is 4.08. The number of thioether (sulfide) groups is 1.